The minimum absolute atomic E-state index is 0.0537. The standard InChI is InChI=1S/C17H22N4O2S/c1-5-21(6-2)15(22)14-12(4)18-17(24-14)20-16(23)19-13-9-7-11(3)8-10-13/h7-10H,5-6H2,1-4H3,(H2,18,19,20,23). The number of aryl methyl sites for hydroxylation is 2. The lowest BCUT2D eigenvalue weighted by atomic mass is 10.2. The van der Waals surface area contributed by atoms with E-state index in [0.29, 0.717) is 34.5 Å². The van der Waals surface area contributed by atoms with Crippen LogP contribution in [0, 0.1) is 13.8 Å². The Hall–Kier alpha value is -2.41. The van der Waals surface area contributed by atoms with E-state index >= 15 is 0 Å². The van der Waals surface area contributed by atoms with Gasteiger partial charge in [-0.1, -0.05) is 29.0 Å². The summed E-state index contributed by atoms with van der Waals surface area (Å²) in [5, 5.41) is 5.83. The van der Waals surface area contributed by atoms with E-state index in [1.165, 1.54) is 11.3 Å². The predicted molar refractivity (Wildman–Crippen MR) is 97.9 cm³/mol. The van der Waals surface area contributed by atoms with Crippen molar-refractivity contribution in [2.45, 2.75) is 27.7 Å². The SMILES string of the molecule is CCN(CC)C(=O)c1sc(NC(=O)Nc2ccc(C)cc2)nc1C. The highest BCUT2D eigenvalue weighted by Gasteiger charge is 2.20. The Kier molecular flexibility index (Phi) is 5.92. The lowest BCUT2D eigenvalue weighted by Crippen LogP contribution is -2.30. The maximum Gasteiger partial charge on any atom is 0.325 e. The number of thiazole rings is 1. The molecule has 2 rings (SSSR count). The summed E-state index contributed by atoms with van der Waals surface area (Å²) < 4.78 is 0. The third kappa shape index (κ3) is 4.32. The number of aromatic nitrogens is 1. The fourth-order valence-corrected chi connectivity index (χ4v) is 3.13. The summed E-state index contributed by atoms with van der Waals surface area (Å²) in [6.07, 6.45) is 0. The topological polar surface area (TPSA) is 74.3 Å². The Morgan fingerprint density at radius 1 is 1.08 bits per heavy atom. The molecular formula is C17H22N4O2S. The van der Waals surface area contributed by atoms with Crippen LogP contribution in [0.3, 0.4) is 0 Å². The van der Waals surface area contributed by atoms with Gasteiger partial charge in [-0.25, -0.2) is 9.78 Å². The first-order valence-electron chi connectivity index (χ1n) is 7.86. The van der Waals surface area contributed by atoms with Gasteiger partial charge in [0.25, 0.3) is 5.91 Å². The zero-order valence-electron chi connectivity index (χ0n) is 14.3. The molecule has 0 bridgehead atoms. The number of nitrogens with zero attached hydrogens (tertiary/aromatic N) is 2. The number of carbonyl (C=O) groups excluding carboxylic acids is 2. The fourth-order valence-electron chi connectivity index (χ4n) is 2.20. The minimum Gasteiger partial charge on any atom is -0.338 e. The zero-order valence-corrected chi connectivity index (χ0v) is 15.2. The summed E-state index contributed by atoms with van der Waals surface area (Å²) in [6, 6.07) is 7.12. The number of hydrogen-bond acceptors (Lipinski definition) is 4. The van der Waals surface area contributed by atoms with Crippen molar-refractivity contribution in [1.82, 2.24) is 9.88 Å². The lowest BCUT2D eigenvalue weighted by Gasteiger charge is -2.17. The van der Waals surface area contributed by atoms with Crippen molar-refractivity contribution in [1.29, 1.82) is 0 Å². The van der Waals surface area contributed by atoms with Crippen LogP contribution in [0.15, 0.2) is 24.3 Å². The van der Waals surface area contributed by atoms with Gasteiger partial charge in [0, 0.05) is 18.8 Å². The maximum absolute atomic E-state index is 12.4. The van der Waals surface area contributed by atoms with E-state index in [2.05, 4.69) is 15.6 Å². The van der Waals surface area contributed by atoms with E-state index < -0.39 is 0 Å². The Balaban J connectivity index is 2.05. The van der Waals surface area contributed by atoms with E-state index in [-0.39, 0.29) is 11.9 Å². The van der Waals surface area contributed by atoms with Crippen LogP contribution in [0.25, 0.3) is 0 Å². The smallest absolute Gasteiger partial charge is 0.325 e. The molecule has 0 saturated heterocycles. The van der Waals surface area contributed by atoms with E-state index in [9.17, 15) is 9.59 Å². The number of hydrogen-bond donors (Lipinski definition) is 2. The highest BCUT2D eigenvalue weighted by molar-refractivity contribution is 7.17. The van der Waals surface area contributed by atoms with Gasteiger partial charge < -0.3 is 10.2 Å². The van der Waals surface area contributed by atoms with E-state index in [1.54, 1.807) is 11.8 Å². The minimum atomic E-state index is -0.380. The Morgan fingerprint density at radius 2 is 1.71 bits per heavy atom. The molecule has 0 aliphatic heterocycles. The van der Waals surface area contributed by atoms with Crippen LogP contribution in [0.1, 0.15) is 34.8 Å². The normalized spacial score (nSPS) is 10.3. The van der Waals surface area contributed by atoms with Crippen molar-refractivity contribution in [3.8, 4) is 0 Å². The van der Waals surface area contributed by atoms with Crippen LogP contribution in [0.4, 0.5) is 15.6 Å². The summed E-state index contributed by atoms with van der Waals surface area (Å²) >= 11 is 1.19. The molecule has 1 aromatic heterocycles. The highest BCUT2D eigenvalue weighted by Crippen LogP contribution is 2.24. The molecule has 1 heterocycles. The van der Waals surface area contributed by atoms with Crippen LogP contribution in [0.5, 0.6) is 0 Å². The largest absolute Gasteiger partial charge is 0.338 e. The molecule has 24 heavy (non-hydrogen) atoms. The molecule has 0 fully saturated rings. The molecule has 3 amide bonds. The number of benzene rings is 1. The van der Waals surface area contributed by atoms with E-state index in [4.69, 9.17) is 0 Å². The molecule has 1 aromatic carbocycles. The van der Waals surface area contributed by atoms with Gasteiger partial charge in [0.05, 0.1) is 5.69 Å². The molecule has 2 N–H and O–H groups in total. The van der Waals surface area contributed by atoms with Gasteiger partial charge in [0.2, 0.25) is 0 Å². The molecule has 0 atom stereocenters. The van der Waals surface area contributed by atoms with Gasteiger partial charge in [-0.3, -0.25) is 10.1 Å². The highest BCUT2D eigenvalue weighted by atomic mass is 32.1. The summed E-state index contributed by atoms with van der Waals surface area (Å²) in [7, 11) is 0. The summed E-state index contributed by atoms with van der Waals surface area (Å²) in [6.45, 7) is 8.91. The van der Waals surface area contributed by atoms with Gasteiger partial charge in [0.1, 0.15) is 4.88 Å². The van der Waals surface area contributed by atoms with Crippen molar-refractivity contribution in [3.63, 3.8) is 0 Å². The second-order valence-electron chi connectivity index (χ2n) is 5.36. The fraction of sp³-hybridized carbons (Fsp3) is 0.353. The number of urea groups is 1. The van der Waals surface area contributed by atoms with Crippen molar-refractivity contribution in [3.05, 3.63) is 40.4 Å². The second-order valence-corrected chi connectivity index (χ2v) is 6.36. The van der Waals surface area contributed by atoms with Gasteiger partial charge in [-0.15, -0.1) is 0 Å². The first-order valence-corrected chi connectivity index (χ1v) is 8.67. The zero-order chi connectivity index (χ0) is 17.7. The van der Waals surface area contributed by atoms with Crippen molar-refractivity contribution in [2.24, 2.45) is 0 Å². The average Bonchev–Trinajstić information content (AvgIpc) is 2.91. The lowest BCUT2D eigenvalue weighted by molar-refractivity contribution is 0.0777. The molecule has 6 nitrogen and oxygen atoms in total. The Morgan fingerprint density at radius 3 is 2.29 bits per heavy atom. The molecular weight excluding hydrogens is 324 g/mol. The first-order chi connectivity index (χ1) is 11.4. The van der Waals surface area contributed by atoms with Gasteiger partial charge in [-0.05, 0) is 39.8 Å². The third-order valence-electron chi connectivity index (χ3n) is 3.57. The first kappa shape index (κ1) is 17.9. The Bertz CT molecular complexity index is 721. The van der Waals surface area contributed by atoms with Gasteiger partial charge in [-0.2, -0.15) is 0 Å². The molecule has 0 aliphatic rings. The molecule has 0 aliphatic carbocycles. The molecule has 128 valence electrons. The number of carbonyl (C=O) groups is 2. The maximum atomic E-state index is 12.4. The van der Waals surface area contributed by atoms with Crippen LogP contribution in [0.2, 0.25) is 0 Å². The monoisotopic (exact) mass is 346 g/mol. The van der Waals surface area contributed by atoms with Gasteiger partial charge in [0.15, 0.2) is 5.13 Å². The number of anilines is 2. The molecule has 0 saturated carbocycles. The molecule has 0 spiro atoms. The van der Waals surface area contributed by atoms with E-state index in [1.807, 2.05) is 45.0 Å². The molecule has 0 unspecified atom stereocenters. The van der Waals surface area contributed by atoms with Gasteiger partial charge >= 0.3 is 6.03 Å². The van der Waals surface area contributed by atoms with Crippen molar-refractivity contribution >= 4 is 34.1 Å². The van der Waals surface area contributed by atoms with Crippen LogP contribution >= 0.6 is 11.3 Å². The molecule has 0 radical (unpaired) electrons. The van der Waals surface area contributed by atoms with Crippen LogP contribution < -0.4 is 10.6 Å². The van der Waals surface area contributed by atoms with Crippen molar-refractivity contribution in [2.75, 3.05) is 23.7 Å². The number of nitrogens with one attached hydrogen (secondary N) is 2. The second kappa shape index (κ2) is 7.92. The average molecular weight is 346 g/mol. The summed E-state index contributed by atoms with van der Waals surface area (Å²) in [5.74, 6) is -0.0537. The van der Waals surface area contributed by atoms with Crippen molar-refractivity contribution < 1.29 is 9.59 Å². The van der Waals surface area contributed by atoms with Crippen LogP contribution in [-0.2, 0) is 0 Å². The Labute approximate surface area is 145 Å². The van der Waals surface area contributed by atoms with Crippen LogP contribution in [-0.4, -0.2) is 34.9 Å². The molecule has 7 heteroatoms. The third-order valence-corrected chi connectivity index (χ3v) is 4.63. The number of amides is 3. The quantitative estimate of drug-likeness (QED) is 0.862. The summed E-state index contributed by atoms with van der Waals surface area (Å²) in [4.78, 5) is 31.0. The predicted octanol–water partition coefficient (Wildman–Crippen LogP) is 3.89. The summed E-state index contributed by atoms with van der Waals surface area (Å²) in [5.41, 5.74) is 2.45. The molecule has 2 aromatic rings. The number of rotatable bonds is 5. The van der Waals surface area contributed by atoms with E-state index in [0.717, 1.165) is 5.56 Å².